The zero-order chi connectivity index (χ0) is 20.4. The van der Waals surface area contributed by atoms with Gasteiger partial charge in [0.1, 0.15) is 5.75 Å². The minimum atomic E-state index is -4.12. The molecule has 5 nitrogen and oxygen atoms in total. The Morgan fingerprint density at radius 3 is 1.54 bits per heavy atom. The second-order valence-electron chi connectivity index (χ2n) is 7.88. The number of ether oxygens (including phenoxy) is 1. The number of unbranched alkanes of at least 4 members (excludes halogenated alkanes) is 13. The van der Waals surface area contributed by atoms with Crippen molar-refractivity contribution in [2.45, 2.75) is 122 Å². The van der Waals surface area contributed by atoms with Gasteiger partial charge in [-0.2, -0.15) is 8.42 Å². The topological polar surface area (TPSA) is 83.8 Å². The van der Waals surface area contributed by atoms with Gasteiger partial charge in [-0.05, 0) is 13.3 Å². The molecule has 28 heavy (non-hydrogen) atoms. The molecule has 0 bridgehead atoms. The molecule has 0 aliphatic rings. The summed E-state index contributed by atoms with van der Waals surface area (Å²) in [4.78, 5) is 0. The Labute approximate surface area is 196 Å². The molecule has 0 aromatic carbocycles. The summed E-state index contributed by atoms with van der Waals surface area (Å²) in [5.41, 5.74) is 0. The van der Waals surface area contributed by atoms with Crippen LogP contribution < -0.4 is 0 Å². The van der Waals surface area contributed by atoms with Crippen molar-refractivity contribution < 1.29 is 22.8 Å². The molecule has 2 atom stereocenters. The van der Waals surface area contributed by atoms with Gasteiger partial charge >= 0.3 is 29.6 Å². The number of aliphatic hydroxyl groups is 1. The van der Waals surface area contributed by atoms with Gasteiger partial charge in [0.25, 0.3) is 10.1 Å². The van der Waals surface area contributed by atoms with Gasteiger partial charge < -0.3 is 9.84 Å². The SMILES string of the molecule is CCCCCCCCCCCCCCCCC(C)OC(CO)CS(=O)(=O)O.[NaH]. The van der Waals surface area contributed by atoms with E-state index in [0.29, 0.717) is 0 Å². The normalized spacial score (nSPS) is 13.9. The van der Waals surface area contributed by atoms with Gasteiger partial charge in [0.2, 0.25) is 0 Å². The van der Waals surface area contributed by atoms with E-state index in [1.807, 2.05) is 6.92 Å². The van der Waals surface area contributed by atoms with E-state index in [2.05, 4.69) is 6.92 Å². The predicted molar refractivity (Wildman–Crippen MR) is 120 cm³/mol. The Morgan fingerprint density at radius 2 is 1.18 bits per heavy atom. The first-order chi connectivity index (χ1) is 12.9. The summed E-state index contributed by atoms with van der Waals surface area (Å²) in [6, 6.07) is 0. The molecule has 0 aliphatic heterocycles. The van der Waals surface area contributed by atoms with Gasteiger partial charge in [-0.15, -0.1) is 0 Å². The van der Waals surface area contributed by atoms with Crippen LogP contribution in [-0.2, 0) is 14.9 Å². The second-order valence-corrected chi connectivity index (χ2v) is 9.38. The maximum atomic E-state index is 10.8. The van der Waals surface area contributed by atoms with Crippen LogP contribution in [-0.4, -0.2) is 72.2 Å². The van der Waals surface area contributed by atoms with Gasteiger partial charge in [-0.3, -0.25) is 4.55 Å². The van der Waals surface area contributed by atoms with Crippen LogP contribution in [0.2, 0.25) is 0 Å². The molecule has 0 spiro atoms. The molecule has 7 heteroatoms. The summed E-state index contributed by atoms with van der Waals surface area (Å²) in [7, 11) is -4.12. The van der Waals surface area contributed by atoms with E-state index in [9.17, 15) is 8.42 Å². The summed E-state index contributed by atoms with van der Waals surface area (Å²) in [6.07, 6.45) is 18.4. The van der Waals surface area contributed by atoms with E-state index >= 15 is 0 Å². The van der Waals surface area contributed by atoms with Crippen LogP contribution in [0.1, 0.15) is 110 Å². The molecule has 0 fully saturated rings. The third-order valence-electron chi connectivity index (χ3n) is 4.99. The van der Waals surface area contributed by atoms with Crippen LogP contribution in [0.15, 0.2) is 0 Å². The van der Waals surface area contributed by atoms with Gasteiger partial charge in [0, 0.05) is 0 Å². The summed E-state index contributed by atoms with van der Waals surface area (Å²) in [6.45, 7) is 3.74. The summed E-state index contributed by atoms with van der Waals surface area (Å²) >= 11 is 0. The van der Waals surface area contributed by atoms with Crippen LogP contribution in [0.4, 0.5) is 0 Å². The van der Waals surface area contributed by atoms with Crippen molar-refractivity contribution in [1.29, 1.82) is 0 Å². The zero-order valence-electron chi connectivity index (χ0n) is 17.7. The first-order valence-electron chi connectivity index (χ1n) is 11.1. The standard InChI is InChI=1S/C21H44O5S.Na.H/c1-3-4-5-6-7-8-9-10-11-12-13-14-15-16-17-20(2)26-21(18-22)19-27(23,24)25;;/h20-22H,3-19H2,1-2H3,(H,23,24,25);;. The van der Waals surface area contributed by atoms with Crippen LogP contribution >= 0.6 is 0 Å². The molecule has 0 saturated heterocycles. The third-order valence-corrected chi connectivity index (χ3v) is 5.78. The maximum absolute atomic E-state index is 10.8. The molecule has 0 rings (SSSR count). The molecule has 0 heterocycles. The average molecular weight is 433 g/mol. The molecule has 0 aromatic rings. The van der Waals surface area contributed by atoms with E-state index in [1.165, 1.54) is 77.0 Å². The van der Waals surface area contributed by atoms with E-state index < -0.39 is 28.6 Å². The fourth-order valence-electron chi connectivity index (χ4n) is 3.39. The number of hydrogen-bond acceptors (Lipinski definition) is 4. The Hall–Kier alpha value is 0.830. The Morgan fingerprint density at radius 1 is 0.786 bits per heavy atom. The number of aliphatic hydroxyl groups excluding tert-OH is 1. The molecule has 2 unspecified atom stereocenters. The Kier molecular flexibility index (Phi) is 23.3. The van der Waals surface area contributed by atoms with Crippen molar-refractivity contribution in [3.63, 3.8) is 0 Å². The van der Waals surface area contributed by atoms with Gasteiger partial charge in [0.15, 0.2) is 0 Å². The Balaban J connectivity index is 0. The summed E-state index contributed by atoms with van der Waals surface area (Å²) < 4.78 is 36.0. The first kappa shape index (κ1) is 31.0. The predicted octanol–water partition coefficient (Wildman–Crippen LogP) is 4.86. The van der Waals surface area contributed by atoms with Crippen LogP contribution in [0.5, 0.6) is 0 Å². The zero-order valence-corrected chi connectivity index (χ0v) is 18.5. The molecule has 0 radical (unpaired) electrons. The van der Waals surface area contributed by atoms with Crippen LogP contribution in [0.25, 0.3) is 0 Å². The van der Waals surface area contributed by atoms with Crippen molar-refractivity contribution in [1.82, 2.24) is 0 Å². The average Bonchev–Trinajstić information content (AvgIpc) is 2.60. The van der Waals surface area contributed by atoms with Crippen LogP contribution in [0, 0.1) is 0 Å². The molecule has 166 valence electrons. The third kappa shape index (κ3) is 23.1. The van der Waals surface area contributed by atoms with Crippen molar-refractivity contribution in [3.8, 4) is 0 Å². The molecular formula is C21H45NaO5S. The molecule has 0 saturated carbocycles. The van der Waals surface area contributed by atoms with Crippen molar-refractivity contribution in [2.24, 2.45) is 0 Å². The van der Waals surface area contributed by atoms with E-state index in [0.717, 1.165) is 19.3 Å². The summed E-state index contributed by atoms with van der Waals surface area (Å²) in [5.74, 6) is -0.549. The molecule has 2 N–H and O–H groups in total. The molecule has 0 aromatic heterocycles. The fourth-order valence-corrected chi connectivity index (χ4v) is 4.05. The van der Waals surface area contributed by atoms with E-state index in [4.69, 9.17) is 14.4 Å². The monoisotopic (exact) mass is 432 g/mol. The Bertz CT molecular complexity index is 417. The quantitative estimate of drug-likeness (QED) is 0.163. The summed E-state index contributed by atoms with van der Waals surface area (Å²) in [5, 5.41) is 9.13. The van der Waals surface area contributed by atoms with Crippen molar-refractivity contribution >= 4 is 39.7 Å². The van der Waals surface area contributed by atoms with Gasteiger partial charge in [-0.25, -0.2) is 0 Å². The van der Waals surface area contributed by atoms with Gasteiger partial charge in [0.05, 0.1) is 18.8 Å². The van der Waals surface area contributed by atoms with E-state index in [1.54, 1.807) is 0 Å². The fraction of sp³-hybridized carbons (Fsp3) is 1.00. The first-order valence-corrected chi connectivity index (χ1v) is 12.7. The van der Waals surface area contributed by atoms with E-state index in [-0.39, 0.29) is 35.7 Å². The van der Waals surface area contributed by atoms with Crippen molar-refractivity contribution in [2.75, 3.05) is 12.4 Å². The molecule has 0 amide bonds. The van der Waals surface area contributed by atoms with Crippen molar-refractivity contribution in [3.05, 3.63) is 0 Å². The van der Waals surface area contributed by atoms with Crippen LogP contribution in [0.3, 0.4) is 0 Å². The number of hydrogen-bond donors (Lipinski definition) is 2. The number of rotatable bonds is 20. The molecular weight excluding hydrogens is 387 g/mol. The minimum absolute atomic E-state index is 0. The molecule has 0 aliphatic carbocycles. The second kappa shape index (κ2) is 21.1. The van der Waals surface area contributed by atoms with Gasteiger partial charge in [-0.1, -0.05) is 96.8 Å².